The van der Waals surface area contributed by atoms with Gasteiger partial charge in [-0.25, -0.2) is 4.98 Å². The number of nitrogens with one attached hydrogen (secondary N) is 1. The summed E-state index contributed by atoms with van der Waals surface area (Å²) < 4.78 is 1.89. The summed E-state index contributed by atoms with van der Waals surface area (Å²) in [5.74, 6) is 1.49. The zero-order valence-corrected chi connectivity index (χ0v) is 8.52. The summed E-state index contributed by atoms with van der Waals surface area (Å²) >= 11 is 0. The average molecular weight is 191 g/mol. The van der Waals surface area contributed by atoms with Crippen molar-refractivity contribution in [3.63, 3.8) is 0 Å². The zero-order valence-electron chi connectivity index (χ0n) is 8.52. The van der Waals surface area contributed by atoms with Crippen LogP contribution in [0.25, 0.3) is 5.78 Å². The molecular weight excluding hydrogens is 178 g/mol. The molecule has 5 nitrogen and oxygen atoms in total. The first kappa shape index (κ1) is 9.08. The molecule has 74 valence electrons. The standard InChI is InChI=1S/C9H13N5/c1-9(2,10-3)7-12-13-8-11-5-4-6-14(7)8/h4-6,10H,1-3H3. The fourth-order valence-corrected chi connectivity index (χ4v) is 1.28. The Labute approximate surface area is 82.2 Å². The summed E-state index contributed by atoms with van der Waals surface area (Å²) in [5, 5.41) is 11.3. The SMILES string of the molecule is CNC(C)(C)c1nnc2ncccn12. The molecule has 0 unspecified atom stereocenters. The highest BCUT2D eigenvalue weighted by atomic mass is 15.3. The van der Waals surface area contributed by atoms with E-state index >= 15 is 0 Å². The van der Waals surface area contributed by atoms with Crippen molar-refractivity contribution in [2.45, 2.75) is 19.4 Å². The summed E-state index contributed by atoms with van der Waals surface area (Å²) in [4.78, 5) is 4.11. The van der Waals surface area contributed by atoms with Gasteiger partial charge in [0.25, 0.3) is 5.78 Å². The highest BCUT2D eigenvalue weighted by Crippen LogP contribution is 2.16. The van der Waals surface area contributed by atoms with Gasteiger partial charge in [-0.3, -0.25) is 4.40 Å². The molecule has 1 N–H and O–H groups in total. The molecule has 0 bridgehead atoms. The largest absolute Gasteiger partial charge is 0.308 e. The van der Waals surface area contributed by atoms with E-state index < -0.39 is 0 Å². The minimum atomic E-state index is -0.206. The summed E-state index contributed by atoms with van der Waals surface area (Å²) in [5.41, 5.74) is -0.206. The molecule has 0 aromatic carbocycles. The summed E-state index contributed by atoms with van der Waals surface area (Å²) in [6.07, 6.45) is 3.62. The topological polar surface area (TPSA) is 55.1 Å². The summed E-state index contributed by atoms with van der Waals surface area (Å²) in [6, 6.07) is 1.87. The Morgan fingerprint density at radius 3 is 2.86 bits per heavy atom. The molecule has 2 aromatic rings. The van der Waals surface area contributed by atoms with Crippen LogP contribution in [0, 0.1) is 0 Å². The van der Waals surface area contributed by atoms with Crippen LogP contribution in [0.1, 0.15) is 19.7 Å². The molecule has 0 aliphatic carbocycles. The number of hydrogen-bond acceptors (Lipinski definition) is 4. The fraction of sp³-hybridized carbons (Fsp3) is 0.444. The van der Waals surface area contributed by atoms with E-state index in [2.05, 4.69) is 34.3 Å². The second-order valence-electron chi connectivity index (χ2n) is 3.69. The molecule has 2 heterocycles. The summed E-state index contributed by atoms with van der Waals surface area (Å²) in [7, 11) is 1.90. The minimum absolute atomic E-state index is 0.206. The van der Waals surface area contributed by atoms with Crippen molar-refractivity contribution in [3.8, 4) is 0 Å². The Hall–Kier alpha value is -1.49. The number of aromatic nitrogens is 4. The Balaban J connectivity index is 2.64. The van der Waals surface area contributed by atoms with Crippen LogP contribution >= 0.6 is 0 Å². The van der Waals surface area contributed by atoms with E-state index in [1.54, 1.807) is 6.20 Å². The van der Waals surface area contributed by atoms with Crippen LogP contribution in [0.15, 0.2) is 18.5 Å². The van der Waals surface area contributed by atoms with E-state index in [4.69, 9.17) is 0 Å². The van der Waals surface area contributed by atoms with E-state index in [1.165, 1.54) is 0 Å². The second kappa shape index (κ2) is 3.02. The first-order valence-corrected chi connectivity index (χ1v) is 4.50. The van der Waals surface area contributed by atoms with Crippen molar-refractivity contribution in [3.05, 3.63) is 24.3 Å². The maximum Gasteiger partial charge on any atom is 0.255 e. The van der Waals surface area contributed by atoms with Crippen LogP contribution in [-0.2, 0) is 5.54 Å². The molecule has 0 fully saturated rings. The van der Waals surface area contributed by atoms with Gasteiger partial charge >= 0.3 is 0 Å². The quantitative estimate of drug-likeness (QED) is 0.754. The van der Waals surface area contributed by atoms with E-state index in [0.29, 0.717) is 5.78 Å². The van der Waals surface area contributed by atoms with Crippen LogP contribution in [0.3, 0.4) is 0 Å². The molecule has 0 spiro atoms. The van der Waals surface area contributed by atoms with E-state index in [0.717, 1.165) is 5.82 Å². The van der Waals surface area contributed by atoms with Gasteiger partial charge in [0, 0.05) is 12.4 Å². The van der Waals surface area contributed by atoms with Crippen molar-refractivity contribution < 1.29 is 0 Å². The average Bonchev–Trinajstić information content (AvgIpc) is 2.61. The van der Waals surface area contributed by atoms with Crippen molar-refractivity contribution in [2.24, 2.45) is 0 Å². The number of nitrogens with zero attached hydrogens (tertiary/aromatic N) is 4. The van der Waals surface area contributed by atoms with Crippen LogP contribution in [0.2, 0.25) is 0 Å². The Morgan fingerprint density at radius 2 is 2.14 bits per heavy atom. The first-order valence-electron chi connectivity index (χ1n) is 4.50. The van der Waals surface area contributed by atoms with Crippen molar-refractivity contribution in [1.82, 2.24) is 24.9 Å². The molecule has 2 aromatic heterocycles. The number of rotatable bonds is 2. The molecular formula is C9H13N5. The van der Waals surface area contributed by atoms with E-state index in [9.17, 15) is 0 Å². The van der Waals surface area contributed by atoms with Crippen LogP contribution in [0.5, 0.6) is 0 Å². The Morgan fingerprint density at radius 1 is 1.36 bits per heavy atom. The van der Waals surface area contributed by atoms with Gasteiger partial charge in [-0.1, -0.05) is 0 Å². The van der Waals surface area contributed by atoms with Gasteiger partial charge in [-0.2, -0.15) is 0 Å². The molecule has 0 saturated heterocycles. The van der Waals surface area contributed by atoms with Crippen molar-refractivity contribution in [2.75, 3.05) is 7.05 Å². The zero-order chi connectivity index (χ0) is 10.2. The molecule has 0 saturated carbocycles. The monoisotopic (exact) mass is 191 g/mol. The normalized spacial score (nSPS) is 12.2. The molecule has 0 aliphatic rings. The molecule has 14 heavy (non-hydrogen) atoms. The minimum Gasteiger partial charge on any atom is -0.308 e. The number of fused-ring (bicyclic) bond motifs is 1. The highest BCUT2D eigenvalue weighted by molar-refractivity contribution is 5.28. The highest BCUT2D eigenvalue weighted by Gasteiger charge is 2.24. The van der Waals surface area contributed by atoms with Crippen molar-refractivity contribution >= 4 is 5.78 Å². The lowest BCUT2D eigenvalue weighted by Gasteiger charge is -2.21. The molecule has 0 aliphatic heterocycles. The third kappa shape index (κ3) is 1.26. The van der Waals surface area contributed by atoms with Gasteiger partial charge in [0.1, 0.15) is 0 Å². The molecule has 5 heteroatoms. The van der Waals surface area contributed by atoms with Crippen LogP contribution in [0.4, 0.5) is 0 Å². The van der Waals surface area contributed by atoms with Gasteiger partial charge in [-0.15, -0.1) is 10.2 Å². The van der Waals surface area contributed by atoms with Gasteiger partial charge in [-0.05, 0) is 27.0 Å². The Bertz CT molecular complexity index is 445. The maximum atomic E-state index is 4.13. The predicted molar refractivity (Wildman–Crippen MR) is 52.9 cm³/mol. The lowest BCUT2D eigenvalue weighted by Crippen LogP contribution is -2.35. The number of hydrogen-bond donors (Lipinski definition) is 1. The van der Waals surface area contributed by atoms with E-state index in [-0.39, 0.29) is 5.54 Å². The third-order valence-electron chi connectivity index (χ3n) is 2.37. The lowest BCUT2D eigenvalue weighted by molar-refractivity contribution is 0.412. The first-order chi connectivity index (χ1) is 6.65. The van der Waals surface area contributed by atoms with Gasteiger partial charge < -0.3 is 5.32 Å². The molecule has 0 amide bonds. The smallest absolute Gasteiger partial charge is 0.255 e. The summed E-state index contributed by atoms with van der Waals surface area (Å²) in [6.45, 7) is 4.10. The second-order valence-corrected chi connectivity index (χ2v) is 3.69. The third-order valence-corrected chi connectivity index (χ3v) is 2.37. The van der Waals surface area contributed by atoms with Gasteiger partial charge in [0.15, 0.2) is 5.82 Å². The van der Waals surface area contributed by atoms with Crippen LogP contribution < -0.4 is 5.32 Å². The van der Waals surface area contributed by atoms with Crippen molar-refractivity contribution in [1.29, 1.82) is 0 Å². The van der Waals surface area contributed by atoms with Crippen LogP contribution in [-0.4, -0.2) is 26.6 Å². The Kier molecular flexibility index (Phi) is 1.96. The molecule has 0 atom stereocenters. The maximum absolute atomic E-state index is 4.13. The fourth-order valence-electron chi connectivity index (χ4n) is 1.28. The predicted octanol–water partition coefficient (Wildman–Crippen LogP) is 0.579. The molecule has 0 radical (unpaired) electrons. The van der Waals surface area contributed by atoms with E-state index in [1.807, 2.05) is 23.7 Å². The lowest BCUT2D eigenvalue weighted by atomic mass is 10.1. The molecule has 2 rings (SSSR count). The van der Waals surface area contributed by atoms with Gasteiger partial charge in [0.2, 0.25) is 0 Å². The van der Waals surface area contributed by atoms with Gasteiger partial charge in [0.05, 0.1) is 5.54 Å².